The van der Waals surface area contributed by atoms with Gasteiger partial charge in [0.2, 0.25) is 0 Å². The molecule has 3 aromatic rings. The zero-order valence-electron chi connectivity index (χ0n) is 13.0. The zero-order chi connectivity index (χ0) is 16.1. The molecule has 0 atom stereocenters. The quantitative estimate of drug-likeness (QED) is 0.480. The number of fused-ring (bicyclic) bond motifs is 1. The monoisotopic (exact) mass is 326 g/mol. The van der Waals surface area contributed by atoms with E-state index in [0.717, 1.165) is 27.2 Å². The average Bonchev–Trinajstić information content (AvgIpc) is 2.96. The minimum Gasteiger partial charge on any atom is -0.466 e. The first-order valence-electron chi connectivity index (χ1n) is 7.58. The number of esters is 1. The van der Waals surface area contributed by atoms with Gasteiger partial charge in [-0.15, -0.1) is 11.8 Å². The molecule has 0 unspecified atom stereocenters. The summed E-state index contributed by atoms with van der Waals surface area (Å²) in [6.45, 7) is 2.20. The molecular formula is C19H18O3S. The smallest absolute Gasteiger partial charge is 0.310 e. The van der Waals surface area contributed by atoms with E-state index in [4.69, 9.17) is 9.15 Å². The molecule has 3 rings (SSSR count). The number of thioether (sulfide) groups is 1. The Morgan fingerprint density at radius 3 is 2.78 bits per heavy atom. The Labute approximate surface area is 139 Å². The normalized spacial score (nSPS) is 10.8. The number of carbonyl (C=O) groups is 1. The first-order chi connectivity index (χ1) is 11.3. The van der Waals surface area contributed by atoms with Crippen LogP contribution >= 0.6 is 11.8 Å². The summed E-state index contributed by atoms with van der Waals surface area (Å²) in [5.74, 6) is 0.690. The van der Waals surface area contributed by atoms with Crippen LogP contribution in [0.15, 0.2) is 64.1 Å². The lowest BCUT2D eigenvalue weighted by Crippen LogP contribution is -2.06. The van der Waals surface area contributed by atoms with Crippen LogP contribution in [0.1, 0.15) is 18.1 Å². The highest BCUT2D eigenvalue weighted by Crippen LogP contribution is 2.29. The van der Waals surface area contributed by atoms with E-state index in [-0.39, 0.29) is 12.4 Å². The second-order valence-corrected chi connectivity index (χ2v) is 6.22. The summed E-state index contributed by atoms with van der Waals surface area (Å²) in [6, 6.07) is 16.4. The van der Waals surface area contributed by atoms with Crippen LogP contribution in [0.25, 0.3) is 11.0 Å². The van der Waals surface area contributed by atoms with Gasteiger partial charge in [-0.1, -0.05) is 30.3 Å². The Kier molecular flexibility index (Phi) is 5.03. The Morgan fingerprint density at radius 1 is 1.17 bits per heavy atom. The van der Waals surface area contributed by atoms with Gasteiger partial charge in [-0.05, 0) is 30.7 Å². The fourth-order valence-electron chi connectivity index (χ4n) is 2.40. The molecule has 0 radical (unpaired) electrons. The number of rotatable bonds is 6. The van der Waals surface area contributed by atoms with E-state index in [1.54, 1.807) is 18.0 Å². The highest BCUT2D eigenvalue weighted by Gasteiger charge is 2.12. The third-order valence-corrected chi connectivity index (χ3v) is 4.58. The molecule has 0 aliphatic rings. The number of ether oxygens (including phenoxy) is 1. The van der Waals surface area contributed by atoms with Crippen molar-refractivity contribution in [3.8, 4) is 0 Å². The number of furan rings is 1. The minimum atomic E-state index is -0.224. The van der Waals surface area contributed by atoms with Crippen molar-refractivity contribution in [1.82, 2.24) is 0 Å². The van der Waals surface area contributed by atoms with Gasteiger partial charge in [0.1, 0.15) is 5.58 Å². The van der Waals surface area contributed by atoms with Crippen LogP contribution in [0.2, 0.25) is 0 Å². The second-order valence-electron chi connectivity index (χ2n) is 5.17. The van der Waals surface area contributed by atoms with Crippen LogP contribution in [0.3, 0.4) is 0 Å². The molecule has 0 fully saturated rings. The van der Waals surface area contributed by atoms with Gasteiger partial charge < -0.3 is 9.15 Å². The van der Waals surface area contributed by atoms with Gasteiger partial charge >= 0.3 is 5.97 Å². The van der Waals surface area contributed by atoms with Gasteiger partial charge in [-0.3, -0.25) is 4.79 Å². The predicted octanol–water partition coefficient (Wildman–Crippen LogP) is 4.83. The Balaban J connectivity index is 1.76. The molecule has 1 heterocycles. The summed E-state index contributed by atoms with van der Waals surface area (Å²) in [7, 11) is 0. The summed E-state index contributed by atoms with van der Waals surface area (Å²) in [5, 5.41) is 0.983. The van der Waals surface area contributed by atoms with Crippen molar-refractivity contribution in [1.29, 1.82) is 0 Å². The van der Waals surface area contributed by atoms with Crippen molar-refractivity contribution in [3.63, 3.8) is 0 Å². The summed E-state index contributed by atoms with van der Waals surface area (Å²) < 4.78 is 10.5. The third-order valence-electron chi connectivity index (χ3n) is 3.51. The van der Waals surface area contributed by atoms with E-state index in [1.807, 2.05) is 37.3 Å². The summed E-state index contributed by atoms with van der Waals surface area (Å²) in [4.78, 5) is 12.8. The van der Waals surface area contributed by atoms with Crippen molar-refractivity contribution in [2.24, 2.45) is 0 Å². The Bertz CT molecular complexity index is 793. The number of benzene rings is 2. The second kappa shape index (κ2) is 7.38. The number of carbonyl (C=O) groups excluding carboxylic acids is 1. The molecule has 0 spiro atoms. The van der Waals surface area contributed by atoms with E-state index in [2.05, 4.69) is 18.2 Å². The summed E-state index contributed by atoms with van der Waals surface area (Å²) >= 11 is 1.77. The number of hydrogen-bond donors (Lipinski definition) is 0. The summed E-state index contributed by atoms with van der Waals surface area (Å²) in [6.07, 6.45) is 1.89. The molecule has 0 saturated heterocycles. The highest BCUT2D eigenvalue weighted by atomic mass is 32.2. The average molecular weight is 326 g/mol. The molecule has 0 aliphatic heterocycles. The molecule has 23 heavy (non-hydrogen) atoms. The molecule has 0 amide bonds. The van der Waals surface area contributed by atoms with Crippen LogP contribution in [-0.4, -0.2) is 12.6 Å². The first kappa shape index (κ1) is 15.7. The maximum absolute atomic E-state index is 11.7. The lowest BCUT2D eigenvalue weighted by atomic mass is 10.1. The molecule has 0 aliphatic carbocycles. The fourth-order valence-corrected chi connectivity index (χ4v) is 3.29. The molecule has 4 heteroatoms. The van der Waals surface area contributed by atoms with Crippen LogP contribution in [0.5, 0.6) is 0 Å². The van der Waals surface area contributed by atoms with E-state index in [9.17, 15) is 4.79 Å². The lowest BCUT2D eigenvalue weighted by Gasteiger charge is -2.03. The van der Waals surface area contributed by atoms with Crippen LogP contribution < -0.4 is 0 Å². The summed E-state index contributed by atoms with van der Waals surface area (Å²) in [5.41, 5.74) is 2.96. The van der Waals surface area contributed by atoms with Gasteiger partial charge in [0, 0.05) is 21.6 Å². The molecule has 0 bridgehead atoms. The van der Waals surface area contributed by atoms with Crippen LogP contribution in [0.4, 0.5) is 0 Å². The van der Waals surface area contributed by atoms with Gasteiger partial charge in [0.05, 0.1) is 19.3 Å². The molecule has 118 valence electrons. The number of hydrogen-bond acceptors (Lipinski definition) is 4. The zero-order valence-corrected chi connectivity index (χ0v) is 13.8. The van der Waals surface area contributed by atoms with Gasteiger partial charge in [0.15, 0.2) is 0 Å². The topological polar surface area (TPSA) is 39.4 Å². The maximum atomic E-state index is 11.7. The van der Waals surface area contributed by atoms with Gasteiger partial charge in [-0.2, -0.15) is 0 Å². The van der Waals surface area contributed by atoms with Crippen molar-refractivity contribution in [3.05, 3.63) is 65.9 Å². The van der Waals surface area contributed by atoms with E-state index >= 15 is 0 Å². The van der Waals surface area contributed by atoms with Crippen molar-refractivity contribution < 1.29 is 13.9 Å². The predicted molar refractivity (Wildman–Crippen MR) is 92.6 cm³/mol. The van der Waals surface area contributed by atoms with E-state index in [0.29, 0.717) is 6.61 Å². The van der Waals surface area contributed by atoms with Gasteiger partial charge in [0.25, 0.3) is 0 Å². The van der Waals surface area contributed by atoms with E-state index in [1.165, 1.54) is 5.56 Å². The molecule has 0 saturated carbocycles. The molecule has 3 nitrogen and oxygen atoms in total. The Hall–Kier alpha value is -2.20. The van der Waals surface area contributed by atoms with E-state index < -0.39 is 0 Å². The minimum absolute atomic E-state index is 0.224. The molecule has 0 N–H and O–H groups in total. The van der Waals surface area contributed by atoms with Crippen molar-refractivity contribution in [2.45, 2.75) is 24.0 Å². The van der Waals surface area contributed by atoms with Gasteiger partial charge in [-0.25, -0.2) is 0 Å². The van der Waals surface area contributed by atoms with Crippen molar-refractivity contribution in [2.75, 3.05) is 6.61 Å². The Morgan fingerprint density at radius 2 is 2.00 bits per heavy atom. The molecular weight excluding hydrogens is 308 g/mol. The lowest BCUT2D eigenvalue weighted by molar-refractivity contribution is -0.142. The standard InChI is InChI=1S/C19H18O3S/c1-2-21-19(20)10-15-12-22-18-9-8-16(11-17(15)18)23-13-14-6-4-3-5-7-14/h3-9,11-12H,2,10,13H2,1H3. The molecule has 2 aromatic carbocycles. The molecule has 1 aromatic heterocycles. The largest absolute Gasteiger partial charge is 0.466 e. The SMILES string of the molecule is CCOC(=O)Cc1coc2ccc(SCc3ccccc3)cc12. The first-order valence-corrected chi connectivity index (χ1v) is 8.57. The fraction of sp³-hybridized carbons (Fsp3) is 0.211. The van der Waals surface area contributed by atoms with Crippen LogP contribution in [0, 0.1) is 0 Å². The maximum Gasteiger partial charge on any atom is 0.310 e. The third kappa shape index (κ3) is 3.96. The van der Waals surface area contributed by atoms with Crippen molar-refractivity contribution >= 4 is 28.7 Å². The highest BCUT2D eigenvalue weighted by molar-refractivity contribution is 7.98. The van der Waals surface area contributed by atoms with Crippen LogP contribution in [-0.2, 0) is 21.7 Å².